The Labute approximate surface area is 360 Å². The van der Waals surface area contributed by atoms with Gasteiger partial charge in [-0.15, -0.1) is 0 Å². The van der Waals surface area contributed by atoms with E-state index in [4.69, 9.17) is 0 Å². The summed E-state index contributed by atoms with van der Waals surface area (Å²) in [6.07, 6.45) is 44.2. The molecule has 0 spiro atoms. The third-order valence-electron chi connectivity index (χ3n) is 14.3. The minimum Gasteiger partial charge on any atom is -0.358 e. The van der Waals surface area contributed by atoms with Crippen molar-refractivity contribution in [2.45, 2.75) is 127 Å². The molecule has 2 heteroatoms. The monoisotopic (exact) mass is 848 g/mol. The molecule has 0 aromatic rings. The molecule has 0 bridgehead atoms. The van der Waals surface area contributed by atoms with E-state index in [0.717, 1.165) is 29.6 Å². The molecule has 2 saturated carbocycles. The Morgan fingerprint density at radius 3 is 1.94 bits per heavy atom. The number of fused-ring (bicyclic) bond motifs is 2. The molecule has 8 atom stereocenters. The van der Waals surface area contributed by atoms with Gasteiger partial charge < -0.3 is 42.5 Å². The SMILES string of the molecule is CC(C)(C)C1=CC(C2(C)C=CC(C)(C)C3[CH-]CCC32)C=C1.CCC1(CC)C=CC2CC[CH-]C2C1(C)CCCC(C)C1C=CC=C1.[CH3-].[CH3-].[CH3-].[CH3-].[Zr+3].[Zr+3]. The van der Waals surface area contributed by atoms with Crippen LogP contribution in [0, 0.1) is 111 Å². The van der Waals surface area contributed by atoms with Gasteiger partial charge in [0, 0.05) is 5.92 Å². The molecule has 6 rings (SSSR count). The predicted octanol–water partition coefficient (Wildman–Crippen LogP) is 14.9. The van der Waals surface area contributed by atoms with Crippen LogP contribution in [0.15, 0.2) is 72.4 Å². The van der Waals surface area contributed by atoms with Gasteiger partial charge in [0.15, 0.2) is 0 Å². The van der Waals surface area contributed by atoms with Gasteiger partial charge in [-0.2, -0.15) is 24.7 Å². The van der Waals surface area contributed by atoms with Crippen molar-refractivity contribution in [1.29, 1.82) is 0 Å². The molecular formula is C49H80Zr2. The fourth-order valence-electron chi connectivity index (χ4n) is 10.8. The summed E-state index contributed by atoms with van der Waals surface area (Å²) in [6.45, 7) is 24.2. The van der Waals surface area contributed by atoms with Crippen molar-refractivity contribution in [1.82, 2.24) is 0 Å². The number of rotatable bonds is 8. The van der Waals surface area contributed by atoms with Crippen molar-refractivity contribution >= 4 is 0 Å². The Morgan fingerprint density at radius 1 is 0.784 bits per heavy atom. The standard InChI is InChI=1S/C24H37.C21H31.4CH3.2Zr/c1-5-24(6-2)18-16-21-14-9-15-22(21)23(24,4)17-10-11-19(3)20-12-7-8-13-20;1-19(2,3)15-10-11-16(14-15)21(6)13-12-20(4,5)17-8-7-9-18(17)21;;;;;;/h7-8,12-13,15-16,18-22H,5-6,9-11,14,17H2,1-4H3;8,10-14,16-18H,7,9H2,1-6H3;4*1H3;;/q6*-1;2*+3. The van der Waals surface area contributed by atoms with Gasteiger partial charge in [-0.3, -0.25) is 0 Å². The zero-order chi connectivity index (χ0) is 32.7. The predicted molar refractivity (Wildman–Crippen MR) is 223 cm³/mol. The Bertz CT molecular complexity index is 1200. The first-order chi connectivity index (χ1) is 21.2. The third-order valence-corrected chi connectivity index (χ3v) is 14.3. The maximum Gasteiger partial charge on any atom is 3.00 e. The van der Waals surface area contributed by atoms with Gasteiger partial charge in [0.1, 0.15) is 0 Å². The smallest absolute Gasteiger partial charge is 0.358 e. The van der Waals surface area contributed by atoms with E-state index in [1.807, 2.05) is 0 Å². The molecule has 6 aliphatic carbocycles. The Hall–Kier alpha value is 0.206. The van der Waals surface area contributed by atoms with Gasteiger partial charge in [0.25, 0.3) is 0 Å². The summed E-state index contributed by atoms with van der Waals surface area (Å²) >= 11 is 0. The first-order valence-corrected chi connectivity index (χ1v) is 19.0. The fourth-order valence-corrected chi connectivity index (χ4v) is 10.8. The summed E-state index contributed by atoms with van der Waals surface area (Å²) in [5.74, 6) is 5.19. The van der Waals surface area contributed by atoms with E-state index in [0.29, 0.717) is 28.1 Å². The molecule has 0 amide bonds. The third kappa shape index (κ3) is 10.5. The van der Waals surface area contributed by atoms with Crippen LogP contribution in [-0.2, 0) is 52.4 Å². The van der Waals surface area contributed by atoms with Gasteiger partial charge in [0.2, 0.25) is 0 Å². The van der Waals surface area contributed by atoms with Crippen LogP contribution in [0.5, 0.6) is 0 Å². The van der Waals surface area contributed by atoms with Crippen LogP contribution in [0.4, 0.5) is 0 Å². The minimum atomic E-state index is 0. The molecule has 0 aliphatic heterocycles. The molecule has 8 unspecified atom stereocenters. The van der Waals surface area contributed by atoms with Crippen LogP contribution in [0.1, 0.15) is 127 Å². The summed E-state index contributed by atoms with van der Waals surface area (Å²) < 4.78 is 0. The molecule has 0 N–H and O–H groups in total. The maximum atomic E-state index is 2.68. The van der Waals surface area contributed by atoms with Gasteiger partial charge in [-0.25, -0.2) is 0 Å². The van der Waals surface area contributed by atoms with Crippen LogP contribution in [0.3, 0.4) is 0 Å². The van der Waals surface area contributed by atoms with Crippen molar-refractivity contribution in [3.63, 3.8) is 0 Å². The molecule has 0 saturated heterocycles. The van der Waals surface area contributed by atoms with E-state index in [1.54, 1.807) is 0 Å². The summed E-state index contributed by atoms with van der Waals surface area (Å²) in [5, 5.41) is 0. The molecular weight excluding hydrogens is 771 g/mol. The quantitative estimate of drug-likeness (QED) is 0.169. The molecule has 0 nitrogen and oxygen atoms in total. The first kappa shape index (κ1) is 53.3. The maximum absolute atomic E-state index is 2.68. The number of hydrogen-bond acceptors (Lipinski definition) is 0. The summed E-state index contributed by atoms with van der Waals surface area (Å²) in [7, 11) is 0. The molecule has 6 aliphatic rings. The van der Waals surface area contributed by atoms with E-state index in [-0.39, 0.29) is 92.9 Å². The van der Waals surface area contributed by atoms with E-state index in [2.05, 4.69) is 149 Å². The van der Waals surface area contributed by atoms with Crippen molar-refractivity contribution in [3.8, 4) is 0 Å². The average Bonchev–Trinajstić information content (AvgIpc) is 3.82. The van der Waals surface area contributed by atoms with Gasteiger partial charge in [-0.1, -0.05) is 161 Å². The number of hydrogen-bond donors (Lipinski definition) is 0. The first-order valence-electron chi connectivity index (χ1n) is 19.0. The van der Waals surface area contributed by atoms with Crippen LogP contribution in [0.2, 0.25) is 0 Å². The van der Waals surface area contributed by atoms with Crippen LogP contribution in [0.25, 0.3) is 0 Å². The molecule has 2 radical (unpaired) electrons. The van der Waals surface area contributed by atoms with Crippen LogP contribution in [-0.4, -0.2) is 0 Å². The Balaban J connectivity index is 0. The molecule has 284 valence electrons. The van der Waals surface area contributed by atoms with Gasteiger partial charge >= 0.3 is 52.4 Å². The van der Waals surface area contributed by atoms with Crippen molar-refractivity contribution in [2.24, 2.45) is 68.5 Å². The van der Waals surface area contributed by atoms with Gasteiger partial charge in [0.05, 0.1) is 0 Å². The second-order valence-corrected chi connectivity index (χ2v) is 18.1. The normalized spacial score (nSPS) is 33.7. The zero-order valence-electron chi connectivity index (χ0n) is 35.9. The van der Waals surface area contributed by atoms with E-state index < -0.39 is 0 Å². The Kier molecular flexibility index (Phi) is 21.9. The van der Waals surface area contributed by atoms with E-state index in [9.17, 15) is 0 Å². The molecule has 2 fully saturated rings. The molecule has 0 heterocycles. The zero-order valence-corrected chi connectivity index (χ0v) is 40.8. The largest absolute Gasteiger partial charge is 3.00 e. The average molecular weight is 852 g/mol. The number of allylic oxidation sites excluding steroid dienone is 12. The van der Waals surface area contributed by atoms with Crippen molar-refractivity contribution in [2.75, 3.05) is 0 Å². The molecule has 0 aromatic carbocycles. The van der Waals surface area contributed by atoms with E-state index >= 15 is 0 Å². The topological polar surface area (TPSA) is 0 Å². The van der Waals surface area contributed by atoms with Crippen molar-refractivity contribution in [3.05, 3.63) is 115 Å². The Morgan fingerprint density at radius 2 is 1.37 bits per heavy atom. The summed E-state index contributed by atoms with van der Waals surface area (Å²) in [6, 6.07) is 0. The van der Waals surface area contributed by atoms with Gasteiger partial charge in [-0.05, 0) is 76.1 Å². The molecule has 51 heavy (non-hydrogen) atoms. The van der Waals surface area contributed by atoms with Crippen LogP contribution >= 0.6 is 0 Å². The van der Waals surface area contributed by atoms with Crippen LogP contribution < -0.4 is 0 Å². The second kappa shape index (κ2) is 20.9. The fraction of sp³-hybridized carbons (Fsp3) is 0.633. The summed E-state index contributed by atoms with van der Waals surface area (Å²) in [5.41, 5.74) is 3.25. The van der Waals surface area contributed by atoms with Crippen molar-refractivity contribution < 1.29 is 52.4 Å². The summed E-state index contributed by atoms with van der Waals surface area (Å²) in [4.78, 5) is 0. The molecule has 0 aromatic heterocycles. The van der Waals surface area contributed by atoms with E-state index in [1.165, 1.54) is 63.4 Å². The second-order valence-electron chi connectivity index (χ2n) is 18.1. The minimum absolute atomic E-state index is 0.